The molecule has 1 unspecified atom stereocenters. The molecule has 3 atom stereocenters. The number of β-lactam (4-membered cyclic amide) rings is 1. The van der Waals surface area contributed by atoms with E-state index in [1.807, 2.05) is 0 Å². The number of hydrogen-bond donors (Lipinski definition) is 2. The van der Waals surface area contributed by atoms with E-state index < -0.39 is 47.6 Å². The summed E-state index contributed by atoms with van der Waals surface area (Å²) in [7, 11) is 2.75. The van der Waals surface area contributed by atoms with Crippen molar-refractivity contribution in [3.8, 4) is 0 Å². The Bertz CT molecular complexity index is 1150. The lowest BCUT2D eigenvalue weighted by molar-refractivity contribution is -0.184. The van der Waals surface area contributed by atoms with Gasteiger partial charge in [0, 0.05) is 38.4 Å². The van der Waals surface area contributed by atoms with Crippen LogP contribution >= 0.6 is 11.8 Å². The average molecular weight is 569 g/mol. The summed E-state index contributed by atoms with van der Waals surface area (Å²) in [6.45, 7) is 1.32. The van der Waals surface area contributed by atoms with Crippen molar-refractivity contribution < 1.29 is 52.2 Å². The number of primary amides is 1. The normalized spacial score (nSPS) is 19.4. The largest absolute Gasteiger partial charge is 0.462 e. The van der Waals surface area contributed by atoms with Crippen LogP contribution in [0.3, 0.4) is 0 Å². The van der Waals surface area contributed by atoms with Gasteiger partial charge in [0.1, 0.15) is 30.8 Å². The van der Waals surface area contributed by atoms with E-state index in [2.05, 4.69) is 10.5 Å². The fourth-order valence-electron chi connectivity index (χ4n) is 3.69. The topological polar surface area (TPSA) is 198 Å². The van der Waals surface area contributed by atoms with Gasteiger partial charge in [0.25, 0.3) is 11.8 Å². The van der Waals surface area contributed by atoms with Crippen LogP contribution < -0.4 is 11.1 Å². The van der Waals surface area contributed by atoms with Crippen molar-refractivity contribution in [2.24, 2.45) is 10.9 Å². The molecule has 3 rings (SSSR count). The van der Waals surface area contributed by atoms with Gasteiger partial charge in [-0.1, -0.05) is 5.16 Å². The molecular weight excluding hydrogens is 540 g/mol. The van der Waals surface area contributed by atoms with E-state index >= 15 is 0 Å². The fraction of sp³-hybridized carbons (Fsp3) is 0.478. The number of carbonyl (C=O) groups excluding carboxylic acids is 5. The van der Waals surface area contributed by atoms with E-state index in [-0.39, 0.29) is 41.5 Å². The number of esters is 2. The van der Waals surface area contributed by atoms with Crippen LogP contribution in [0.2, 0.25) is 0 Å². The van der Waals surface area contributed by atoms with Gasteiger partial charge in [-0.25, -0.2) is 9.59 Å². The van der Waals surface area contributed by atoms with E-state index in [0.717, 1.165) is 4.90 Å². The first kappa shape index (κ1) is 29.5. The van der Waals surface area contributed by atoms with Crippen molar-refractivity contribution in [3.05, 3.63) is 35.4 Å². The number of ether oxygens (including phenoxy) is 4. The molecule has 1 aromatic rings. The van der Waals surface area contributed by atoms with Crippen molar-refractivity contribution in [1.29, 1.82) is 0 Å². The number of oxime groups is 1. The number of nitrogens with one attached hydrogen (secondary N) is 1. The minimum absolute atomic E-state index is 0.0488. The minimum atomic E-state index is -1.28. The van der Waals surface area contributed by atoms with Crippen molar-refractivity contribution in [2.75, 3.05) is 33.2 Å². The second-order valence-corrected chi connectivity index (χ2v) is 9.18. The van der Waals surface area contributed by atoms with Gasteiger partial charge in [-0.05, 0) is 18.6 Å². The second kappa shape index (κ2) is 13.7. The number of nitrogens with two attached hydrogens (primary N) is 1. The first-order valence-corrected chi connectivity index (χ1v) is 12.7. The Labute approximate surface area is 226 Å². The molecule has 1 aromatic heterocycles. The molecule has 3 N–H and O–H groups in total. The minimum Gasteiger partial charge on any atom is -0.462 e. The lowest BCUT2D eigenvalue weighted by Crippen LogP contribution is -2.71. The number of methoxy groups -OCH3 is 1. The van der Waals surface area contributed by atoms with Gasteiger partial charge in [-0.2, -0.15) is 0 Å². The van der Waals surface area contributed by atoms with Crippen LogP contribution in [0.4, 0.5) is 4.79 Å². The van der Waals surface area contributed by atoms with E-state index in [0.29, 0.717) is 13.0 Å². The fourth-order valence-corrected chi connectivity index (χ4v) is 5.02. The second-order valence-electron chi connectivity index (χ2n) is 8.08. The Morgan fingerprint density at radius 3 is 2.69 bits per heavy atom. The number of fused-ring (bicyclic) bond motifs is 1. The number of amides is 3. The predicted molar refractivity (Wildman–Crippen MR) is 133 cm³/mol. The highest BCUT2D eigenvalue weighted by atomic mass is 32.2. The van der Waals surface area contributed by atoms with Crippen LogP contribution in [-0.4, -0.2) is 91.3 Å². The first-order chi connectivity index (χ1) is 18.7. The summed E-state index contributed by atoms with van der Waals surface area (Å²) in [6.07, 6.45) is -0.548. The van der Waals surface area contributed by atoms with Crippen LogP contribution in [0, 0.1) is 0 Å². The third kappa shape index (κ3) is 7.29. The SMILES string of the molecule is COCCCC(=O)OC(C)OC(=O)C1=C(COC(N)=O)CS[C@@H]2[C@H](NC(=O)/C(=N\OC)c3ccco3)C(=O)N12. The number of rotatable bonds is 13. The Morgan fingerprint density at radius 1 is 1.28 bits per heavy atom. The summed E-state index contributed by atoms with van der Waals surface area (Å²) in [5.41, 5.74) is 4.91. The zero-order chi connectivity index (χ0) is 28.5. The van der Waals surface area contributed by atoms with Gasteiger partial charge in [0.05, 0.1) is 6.26 Å². The summed E-state index contributed by atoms with van der Waals surface area (Å²) in [6, 6.07) is 2.02. The van der Waals surface area contributed by atoms with Gasteiger partial charge in [-0.15, -0.1) is 11.8 Å². The number of carbonyl (C=O) groups is 5. The molecule has 0 spiro atoms. The molecule has 3 amide bonds. The predicted octanol–water partition coefficient (Wildman–Crippen LogP) is 0.238. The molecule has 212 valence electrons. The molecule has 0 bridgehead atoms. The first-order valence-electron chi connectivity index (χ1n) is 11.6. The van der Waals surface area contributed by atoms with E-state index in [1.165, 1.54) is 45.2 Å². The van der Waals surface area contributed by atoms with Crippen molar-refractivity contribution in [3.63, 3.8) is 0 Å². The molecule has 3 heterocycles. The van der Waals surface area contributed by atoms with Crippen LogP contribution in [0.5, 0.6) is 0 Å². The highest BCUT2D eigenvalue weighted by Gasteiger charge is 2.55. The Morgan fingerprint density at radius 2 is 2.05 bits per heavy atom. The maximum absolute atomic E-state index is 13.1. The standard InChI is InChI=1S/C23H28N4O11S/c1-12(37-15(28)7-5-8-33-2)38-22(31)18-13(10-36-23(24)32)11-39-21-17(20(30)27(18)21)25-19(29)16(26-34-3)14-6-4-9-35-14/h4,6,9,12,17,21H,5,7-8,10-11H2,1-3H3,(H2,24,32)(H,25,29)/b26-16-/t12?,17-,21-/m1/s1. The molecule has 16 heteroatoms. The third-order valence-electron chi connectivity index (χ3n) is 5.37. The maximum atomic E-state index is 13.1. The van der Waals surface area contributed by atoms with Crippen LogP contribution in [-0.2, 0) is 43.0 Å². The van der Waals surface area contributed by atoms with Gasteiger partial charge in [0.2, 0.25) is 12.0 Å². The summed E-state index contributed by atoms with van der Waals surface area (Å²) < 4.78 is 25.3. The molecule has 1 saturated heterocycles. The van der Waals surface area contributed by atoms with Gasteiger partial charge in [-0.3, -0.25) is 19.3 Å². The molecule has 39 heavy (non-hydrogen) atoms. The van der Waals surface area contributed by atoms with Crippen molar-refractivity contribution >= 4 is 47.3 Å². The average Bonchev–Trinajstić information content (AvgIpc) is 3.42. The molecule has 1 fully saturated rings. The quantitative estimate of drug-likeness (QED) is 0.0822. The molecular formula is C23H28N4O11S. The maximum Gasteiger partial charge on any atom is 0.404 e. The van der Waals surface area contributed by atoms with E-state index in [4.69, 9.17) is 33.9 Å². The molecule has 0 aromatic carbocycles. The number of furan rings is 1. The zero-order valence-corrected chi connectivity index (χ0v) is 22.2. The van der Waals surface area contributed by atoms with Gasteiger partial charge in [0.15, 0.2) is 5.76 Å². The van der Waals surface area contributed by atoms with Crippen LogP contribution in [0.15, 0.2) is 39.2 Å². The highest BCUT2D eigenvalue weighted by Crippen LogP contribution is 2.41. The lowest BCUT2D eigenvalue weighted by atomic mass is 10.0. The summed E-state index contributed by atoms with van der Waals surface area (Å²) in [5.74, 6) is -2.71. The van der Waals surface area contributed by atoms with Crippen LogP contribution in [0.25, 0.3) is 0 Å². The Kier molecular flexibility index (Phi) is 10.3. The van der Waals surface area contributed by atoms with Crippen molar-refractivity contribution in [2.45, 2.75) is 37.5 Å². The zero-order valence-electron chi connectivity index (χ0n) is 21.4. The third-order valence-corrected chi connectivity index (χ3v) is 6.71. The highest BCUT2D eigenvalue weighted by molar-refractivity contribution is 8.00. The Hall–Kier alpha value is -4.05. The summed E-state index contributed by atoms with van der Waals surface area (Å²) in [5, 5.41) is 5.54. The number of thioether (sulfide) groups is 1. The summed E-state index contributed by atoms with van der Waals surface area (Å²) >= 11 is 1.21. The molecule has 0 saturated carbocycles. The summed E-state index contributed by atoms with van der Waals surface area (Å²) in [4.78, 5) is 68.1. The molecule has 2 aliphatic rings. The molecule has 2 aliphatic heterocycles. The molecule has 15 nitrogen and oxygen atoms in total. The Balaban J connectivity index is 1.74. The van der Waals surface area contributed by atoms with Gasteiger partial charge >= 0.3 is 18.0 Å². The monoisotopic (exact) mass is 568 g/mol. The number of nitrogens with zero attached hydrogens (tertiary/aromatic N) is 2. The lowest BCUT2D eigenvalue weighted by Gasteiger charge is -2.49. The smallest absolute Gasteiger partial charge is 0.404 e. The van der Waals surface area contributed by atoms with Crippen molar-refractivity contribution in [1.82, 2.24) is 10.2 Å². The van der Waals surface area contributed by atoms with E-state index in [1.54, 1.807) is 6.07 Å². The van der Waals surface area contributed by atoms with Crippen LogP contribution in [0.1, 0.15) is 25.5 Å². The molecule has 0 aliphatic carbocycles. The van der Waals surface area contributed by atoms with E-state index in [9.17, 15) is 24.0 Å². The van der Waals surface area contributed by atoms with Gasteiger partial charge < -0.3 is 39.3 Å². The molecule has 0 radical (unpaired) electrons. The number of hydrogen-bond acceptors (Lipinski definition) is 13.